The zero-order valence-electron chi connectivity index (χ0n) is 26.5. The molecule has 0 spiro atoms. The van der Waals surface area contributed by atoms with E-state index in [1.54, 1.807) is 43.5 Å². The molecule has 0 aliphatic heterocycles. The topological polar surface area (TPSA) is 96.0 Å². The van der Waals surface area contributed by atoms with Gasteiger partial charge in [-0.2, -0.15) is 0 Å². The number of methoxy groups -OCH3 is 1. The fourth-order valence-corrected chi connectivity index (χ4v) is 6.48. The molecule has 0 saturated carbocycles. The van der Waals surface area contributed by atoms with Gasteiger partial charge in [0.15, 0.2) is 0 Å². The molecule has 1 N–H and O–H groups in total. The monoisotopic (exact) mass is 661 g/mol. The molecular weight excluding hydrogens is 622 g/mol. The van der Waals surface area contributed by atoms with Crippen LogP contribution in [0.25, 0.3) is 0 Å². The highest BCUT2D eigenvalue weighted by Gasteiger charge is 2.35. The Hall–Kier alpha value is -4.34. The normalized spacial score (nSPS) is 12.5. The lowest BCUT2D eigenvalue weighted by Gasteiger charge is -2.34. The Balaban J connectivity index is 1.81. The molecule has 4 aromatic rings. The van der Waals surface area contributed by atoms with Crippen LogP contribution in [0.15, 0.2) is 108 Å². The van der Waals surface area contributed by atoms with Gasteiger partial charge < -0.3 is 15.0 Å². The lowest BCUT2D eigenvalue weighted by atomic mass is 10.0. The van der Waals surface area contributed by atoms with Crippen LogP contribution < -0.4 is 14.4 Å². The third-order valence-corrected chi connectivity index (χ3v) is 9.80. The average Bonchev–Trinajstić information content (AvgIpc) is 3.06. The number of nitrogens with zero attached hydrogens (tertiary/aromatic N) is 2. The predicted molar refractivity (Wildman–Crippen MR) is 183 cm³/mol. The third-order valence-electron chi connectivity index (χ3n) is 7.76. The van der Waals surface area contributed by atoms with Crippen LogP contribution in [-0.4, -0.2) is 50.9 Å². The predicted octanol–water partition coefficient (Wildman–Crippen LogP) is 6.41. The van der Waals surface area contributed by atoms with Crippen molar-refractivity contribution in [2.24, 2.45) is 0 Å². The van der Waals surface area contributed by atoms with Gasteiger partial charge in [0, 0.05) is 24.0 Å². The second-order valence-electron chi connectivity index (χ2n) is 11.2. The van der Waals surface area contributed by atoms with Crippen molar-refractivity contribution in [1.82, 2.24) is 10.2 Å². The van der Waals surface area contributed by atoms with E-state index in [4.69, 9.17) is 16.3 Å². The Morgan fingerprint density at radius 1 is 0.891 bits per heavy atom. The number of anilines is 1. The number of nitrogens with one attached hydrogen (secondary N) is 1. The van der Waals surface area contributed by atoms with Crippen LogP contribution in [0.2, 0.25) is 5.02 Å². The molecule has 2 atom stereocenters. The summed E-state index contributed by atoms with van der Waals surface area (Å²) >= 11 is 6.06. The summed E-state index contributed by atoms with van der Waals surface area (Å²) < 4.78 is 34.8. The molecule has 0 aliphatic carbocycles. The maximum Gasteiger partial charge on any atom is 0.264 e. The highest BCUT2D eigenvalue weighted by atomic mass is 35.5. The molecule has 2 amide bonds. The fraction of sp³-hybridized carbons (Fsp3) is 0.278. The van der Waals surface area contributed by atoms with Gasteiger partial charge in [-0.3, -0.25) is 13.9 Å². The Labute approximate surface area is 277 Å². The smallest absolute Gasteiger partial charge is 0.264 e. The third kappa shape index (κ3) is 8.89. The average molecular weight is 662 g/mol. The second kappa shape index (κ2) is 15.8. The summed E-state index contributed by atoms with van der Waals surface area (Å²) in [6.07, 6.45) is 0.932. The van der Waals surface area contributed by atoms with Crippen molar-refractivity contribution < 1.29 is 22.7 Å². The van der Waals surface area contributed by atoms with E-state index in [1.807, 2.05) is 63.2 Å². The van der Waals surface area contributed by atoms with Crippen molar-refractivity contribution in [3.8, 4) is 5.75 Å². The van der Waals surface area contributed by atoms with Crippen LogP contribution in [-0.2, 0) is 32.6 Å². The van der Waals surface area contributed by atoms with Gasteiger partial charge in [-0.25, -0.2) is 8.42 Å². The second-order valence-corrected chi connectivity index (χ2v) is 13.5. The number of benzene rings is 4. The van der Waals surface area contributed by atoms with Crippen molar-refractivity contribution in [3.05, 3.63) is 125 Å². The van der Waals surface area contributed by atoms with Gasteiger partial charge >= 0.3 is 0 Å². The summed E-state index contributed by atoms with van der Waals surface area (Å²) in [6.45, 7) is 5.28. The van der Waals surface area contributed by atoms with E-state index in [0.717, 1.165) is 21.0 Å². The van der Waals surface area contributed by atoms with E-state index in [-0.39, 0.29) is 29.8 Å². The van der Waals surface area contributed by atoms with Crippen LogP contribution in [0.4, 0.5) is 5.69 Å². The molecule has 0 fully saturated rings. The Bertz CT molecular complexity index is 1720. The van der Waals surface area contributed by atoms with E-state index >= 15 is 0 Å². The first-order valence-corrected chi connectivity index (χ1v) is 16.9. The zero-order valence-corrected chi connectivity index (χ0v) is 28.1. The van der Waals surface area contributed by atoms with Crippen LogP contribution in [0.5, 0.6) is 5.75 Å². The van der Waals surface area contributed by atoms with Gasteiger partial charge in [-0.1, -0.05) is 78.7 Å². The summed E-state index contributed by atoms with van der Waals surface area (Å²) in [6, 6.07) is 28.4. The van der Waals surface area contributed by atoms with Crippen LogP contribution in [0, 0.1) is 6.92 Å². The lowest BCUT2D eigenvalue weighted by Crippen LogP contribution is -2.54. The lowest BCUT2D eigenvalue weighted by molar-refractivity contribution is -0.140. The number of aryl methyl sites for hydroxylation is 1. The van der Waals surface area contributed by atoms with Gasteiger partial charge in [0.25, 0.3) is 10.0 Å². The number of amides is 2. The minimum atomic E-state index is -4.22. The Kier molecular flexibility index (Phi) is 11.8. The van der Waals surface area contributed by atoms with Crippen LogP contribution in [0.3, 0.4) is 0 Å². The number of carbonyl (C=O) groups excluding carboxylic acids is 2. The first-order valence-electron chi connectivity index (χ1n) is 15.1. The van der Waals surface area contributed by atoms with Crippen molar-refractivity contribution in [2.75, 3.05) is 18.0 Å². The first kappa shape index (κ1) is 34.5. The summed E-state index contributed by atoms with van der Waals surface area (Å²) in [4.78, 5) is 30.0. The highest BCUT2D eigenvalue weighted by molar-refractivity contribution is 7.92. The van der Waals surface area contributed by atoms with Gasteiger partial charge in [-0.15, -0.1) is 0 Å². The minimum absolute atomic E-state index is 0.0139. The number of sulfonamides is 1. The quantitative estimate of drug-likeness (QED) is 0.169. The van der Waals surface area contributed by atoms with Gasteiger partial charge in [0.2, 0.25) is 11.8 Å². The molecule has 0 radical (unpaired) electrons. The van der Waals surface area contributed by atoms with Crippen molar-refractivity contribution in [3.63, 3.8) is 0 Å². The van der Waals surface area contributed by atoms with E-state index in [2.05, 4.69) is 5.32 Å². The molecule has 4 aromatic carbocycles. The van der Waals surface area contributed by atoms with Gasteiger partial charge in [0.1, 0.15) is 18.3 Å². The SMILES string of the molecule is CC[C@H](C)NC(=O)[C@@H](Cc1ccccc1)N(Cc1cccc(OC)c1)C(=O)CN(c1ccc(C)cc1)S(=O)(=O)c1ccc(Cl)cc1. The molecule has 0 unspecified atom stereocenters. The summed E-state index contributed by atoms with van der Waals surface area (Å²) in [5, 5.41) is 3.43. The molecule has 46 heavy (non-hydrogen) atoms. The summed E-state index contributed by atoms with van der Waals surface area (Å²) in [5.41, 5.74) is 2.84. The number of hydrogen-bond acceptors (Lipinski definition) is 5. The summed E-state index contributed by atoms with van der Waals surface area (Å²) in [7, 11) is -2.66. The molecule has 242 valence electrons. The fourth-order valence-electron chi connectivity index (χ4n) is 4.94. The van der Waals surface area contributed by atoms with Gasteiger partial charge in [0.05, 0.1) is 17.7 Å². The van der Waals surface area contributed by atoms with Crippen LogP contribution in [0.1, 0.15) is 37.0 Å². The van der Waals surface area contributed by atoms with Crippen LogP contribution >= 0.6 is 11.6 Å². The number of ether oxygens (including phenoxy) is 1. The minimum Gasteiger partial charge on any atom is -0.497 e. The van der Waals surface area contributed by atoms with Gasteiger partial charge in [-0.05, 0) is 79.9 Å². The molecule has 10 heteroatoms. The van der Waals surface area contributed by atoms with E-state index in [0.29, 0.717) is 22.9 Å². The maximum absolute atomic E-state index is 14.6. The summed E-state index contributed by atoms with van der Waals surface area (Å²) in [5.74, 6) is -0.266. The highest BCUT2D eigenvalue weighted by Crippen LogP contribution is 2.27. The number of rotatable bonds is 14. The Morgan fingerprint density at radius 3 is 2.17 bits per heavy atom. The van der Waals surface area contributed by atoms with E-state index in [9.17, 15) is 18.0 Å². The molecule has 4 rings (SSSR count). The molecule has 0 heterocycles. The standard InChI is InChI=1S/C36H40ClN3O5S/c1-5-27(3)38-36(42)34(23-28-10-7-6-8-11-28)39(24-29-12-9-13-32(22-29)45-4)35(41)25-40(31-18-14-26(2)15-19-31)46(43,44)33-20-16-30(37)17-21-33/h6-22,27,34H,5,23-25H2,1-4H3,(H,38,42)/t27-,34+/m0/s1. The molecule has 0 aliphatic rings. The molecule has 8 nitrogen and oxygen atoms in total. The molecule has 0 bridgehead atoms. The van der Waals surface area contributed by atoms with Crippen molar-refractivity contribution >= 4 is 39.1 Å². The van der Waals surface area contributed by atoms with Crippen molar-refractivity contribution in [1.29, 1.82) is 0 Å². The molecule has 0 saturated heterocycles. The maximum atomic E-state index is 14.6. The molecule has 0 aromatic heterocycles. The first-order chi connectivity index (χ1) is 22.0. The largest absolute Gasteiger partial charge is 0.497 e. The zero-order chi connectivity index (χ0) is 33.3. The molecular formula is C36H40ClN3O5S. The number of halogens is 1. The number of hydrogen-bond donors (Lipinski definition) is 1. The Morgan fingerprint density at radius 2 is 1.54 bits per heavy atom. The van der Waals surface area contributed by atoms with E-state index < -0.39 is 28.5 Å². The van der Waals surface area contributed by atoms with E-state index in [1.165, 1.54) is 29.2 Å². The number of carbonyl (C=O) groups is 2. The van der Waals surface area contributed by atoms with Crippen molar-refractivity contribution in [2.45, 2.75) is 57.1 Å².